The first-order valence-corrected chi connectivity index (χ1v) is 8.47. The second kappa shape index (κ2) is 6.43. The smallest absolute Gasteiger partial charge is 0.323 e. The third-order valence-corrected chi connectivity index (χ3v) is 4.64. The molecule has 1 aliphatic heterocycles. The summed E-state index contributed by atoms with van der Waals surface area (Å²) in [4.78, 5) is 30.6. The van der Waals surface area contributed by atoms with Gasteiger partial charge >= 0.3 is 6.03 Å². The van der Waals surface area contributed by atoms with Crippen molar-refractivity contribution in [1.82, 2.24) is 15.2 Å². The highest BCUT2D eigenvalue weighted by Crippen LogP contribution is 2.27. The summed E-state index contributed by atoms with van der Waals surface area (Å²) in [6, 6.07) is 5.77. The quantitative estimate of drug-likeness (QED) is 0.844. The van der Waals surface area contributed by atoms with E-state index in [9.17, 15) is 14.0 Å². The van der Waals surface area contributed by atoms with Gasteiger partial charge in [-0.1, -0.05) is 19.9 Å². The maximum atomic E-state index is 13.9. The van der Waals surface area contributed by atoms with Crippen LogP contribution in [-0.4, -0.2) is 27.4 Å². The molecule has 5 nitrogen and oxygen atoms in total. The summed E-state index contributed by atoms with van der Waals surface area (Å²) in [5.74, 6) is -0.247. The molecule has 0 spiro atoms. The third kappa shape index (κ3) is 3.34. The minimum Gasteiger partial charge on any atom is -0.323 e. The lowest BCUT2D eigenvalue weighted by Crippen LogP contribution is -2.44. The Morgan fingerprint density at radius 3 is 2.80 bits per heavy atom. The van der Waals surface area contributed by atoms with Gasteiger partial charge in [-0.05, 0) is 43.9 Å². The normalized spacial score (nSPS) is 20.6. The Balaban J connectivity index is 1.89. The molecule has 1 aromatic carbocycles. The molecule has 0 radical (unpaired) electrons. The Kier molecular flexibility index (Phi) is 4.45. The van der Waals surface area contributed by atoms with Crippen molar-refractivity contribution in [3.05, 3.63) is 41.8 Å². The van der Waals surface area contributed by atoms with E-state index in [0.29, 0.717) is 28.8 Å². The van der Waals surface area contributed by atoms with Crippen molar-refractivity contribution in [1.29, 1.82) is 0 Å². The summed E-state index contributed by atoms with van der Waals surface area (Å²) in [5, 5.41) is 3.44. The molecule has 25 heavy (non-hydrogen) atoms. The average molecular weight is 343 g/mol. The third-order valence-electron chi connectivity index (χ3n) is 4.64. The maximum Gasteiger partial charge on any atom is 0.325 e. The predicted molar refractivity (Wildman–Crippen MR) is 93.3 cm³/mol. The van der Waals surface area contributed by atoms with Crippen LogP contribution in [0, 0.1) is 11.7 Å². The first-order valence-electron chi connectivity index (χ1n) is 8.47. The van der Waals surface area contributed by atoms with Crippen LogP contribution in [0.25, 0.3) is 10.9 Å². The fourth-order valence-corrected chi connectivity index (χ4v) is 3.16. The van der Waals surface area contributed by atoms with Crippen molar-refractivity contribution >= 4 is 22.8 Å². The molecule has 2 aromatic rings. The zero-order valence-corrected chi connectivity index (χ0v) is 14.7. The van der Waals surface area contributed by atoms with Crippen molar-refractivity contribution in [3.8, 4) is 0 Å². The number of hydrogen-bond donors (Lipinski definition) is 1. The van der Waals surface area contributed by atoms with E-state index < -0.39 is 17.4 Å². The number of carbonyl (C=O) groups excluding carboxylic acids is 2. The highest BCUT2D eigenvalue weighted by molar-refractivity contribution is 6.06. The minimum absolute atomic E-state index is 0.00715. The molecule has 1 unspecified atom stereocenters. The Morgan fingerprint density at radius 1 is 1.32 bits per heavy atom. The molecule has 0 bridgehead atoms. The van der Waals surface area contributed by atoms with E-state index in [4.69, 9.17) is 0 Å². The van der Waals surface area contributed by atoms with Gasteiger partial charge in [0.25, 0.3) is 5.91 Å². The molecule has 1 saturated heterocycles. The van der Waals surface area contributed by atoms with Crippen LogP contribution >= 0.6 is 0 Å². The molecular weight excluding hydrogens is 321 g/mol. The summed E-state index contributed by atoms with van der Waals surface area (Å²) < 4.78 is 13.9. The summed E-state index contributed by atoms with van der Waals surface area (Å²) in [5.41, 5.74) is 0.213. The van der Waals surface area contributed by atoms with Crippen LogP contribution in [0.15, 0.2) is 30.5 Å². The molecule has 2 heterocycles. The molecular formula is C19H22FN3O2. The zero-order chi connectivity index (χ0) is 18.2. The van der Waals surface area contributed by atoms with Crippen LogP contribution in [0.5, 0.6) is 0 Å². The Bertz CT molecular complexity index is 837. The van der Waals surface area contributed by atoms with Crippen LogP contribution < -0.4 is 5.32 Å². The van der Waals surface area contributed by atoms with Crippen LogP contribution in [0.4, 0.5) is 9.18 Å². The fourth-order valence-electron chi connectivity index (χ4n) is 3.16. The molecule has 0 aliphatic carbocycles. The summed E-state index contributed by atoms with van der Waals surface area (Å²) in [6.45, 7) is 5.91. The van der Waals surface area contributed by atoms with Crippen molar-refractivity contribution in [2.45, 2.75) is 45.7 Å². The second-order valence-electron chi connectivity index (χ2n) is 7.23. The lowest BCUT2D eigenvalue weighted by Gasteiger charge is -2.22. The number of aromatic nitrogens is 1. The van der Waals surface area contributed by atoms with Gasteiger partial charge < -0.3 is 5.32 Å². The Labute approximate surface area is 146 Å². The largest absolute Gasteiger partial charge is 0.325 e. The number of pyridine rings is 1. The van der Waals surface area contributed by atoms with E-state index in [1.165, 1.54) is 12.1 Å². The first kappa shape index (κ1) is 17.3. The molecule has 6 heteroatoms. The van der Waals surface area contributed by atoms with Crippen LogP contribution in [0.3, 0.4) is 0 Å². The highest BCUT2D eigenvalue weighted by atomic mass is 19.1. The van der Waals surface area contributed by atoms with Gasteiger partial charge in [-0.2, -0.15) is 0 Å². The van der Waals surface area contributed by atoms with Gasteiger partial charge in [-0.3, -0.25) is 14.7 Å². The number of urea groups is 1. The highest BCUT2D eigenvalue weighted by Gasteiger charge is 2.47. The molecule has 3 rings (SSSR count). The number of rotatable bonds is 5. The number of hydrogen-bond acceptors (Lipinski definition) is 3. The van der Waals surface area contributed by atoms with Gasteiger partial charge in [0.15, 0.2) is 0 Å². The van der Waals surface area contributed by atoms with Gasteiger partial charge in [0.1, 0.15) is 11.4 Å². The van der Waals surface area contributed by atoms with Crippen LogP contribution in [-0.2, 0) is 11.3 Å². The van der Waals surface area contributed by atoms with Gasteiger partial charge in [0.2, 0.25) is 0 Å². The van der Waals surface area contributed by atoms with E-state index in [1.807, 2.05) is 0 Å². The molecule has 132 valence electrons. The maximum absolute atomic E-state index is 13.9. The van der Waals surface area contributed by atoms with Crippen LogP contribution in [0.1, 0.15) is 39.2 Å². The van der Waals surface area contributed by atoms with Gasteiger partial charge in [0.05, 0.1) is 12.1 Å². The topological polar surface area (TPSA) is 62.3 Å². The molecule has 3 amide bonds. The number of amides is 3. The van der Waals surface area contributed by atoms with Crippen molar-refractivity contribution in [2.75, 3.05) is 0 Å². The van der Waals surface area contributed by atoms with Gasteiger partial charge in [0, 0.05) is 17.1 Å². The number of imide groups is 1. The molecule has 0 saturated carbocycles. The minimum atomic E-state index is -0.905. The number of carbonyl (C=O) groups is 2. The monoisotopic (exact) mass is 343 g/mol. The van der Waals surface area contributed by atoms with E-state index in [0.717, 1.165) is 11.3 Å². The SMILES string of the molecule is CC(C)CCC1(C)NC(=O)N(Cc2cc(F)cc3cccnc23)C1=O. The van der Waals surface area contributed by atoms with E-state index in [2.05, 4.69) is 24.1 Å². The molecule has 1 N–H and O–H groups in total. The number of fused-ring (bicyclic) bond motifs is 1. The number of nitrogens with zero attached hydrogens (tertiary/aromatic N) is 2. The van der Waals surface area contributed by atoms with Crippen LogP contribution in [0.2, 0.25) is 0 Å². The summed E-state index contributed by atoms with van der Waals surface area (Å²) >= 11 is 0. The van der Waals surface area contributed by atoms with Gasteiger partial charge in [-0.25, -0.2) is 9.18 Å². The standard InChI is InChI=1S/C19H22FN3O2/c1-12(2)6-7-19(3)17(24)23(18(25)22-19)11-14-10-15(20)9-13-5-4-8-21-16(13)14/h4-5,8-10,12H,6-7,11H2,1-3H3,(H,22,25). The van der Waals surface area contributed by atoms with Crippen molar-refractivity contribution in [2.24, 2.45) is 5.92 Å². The molecule has 1 atom stereocenters. The number of benzene rings is 1. The molecule has 1 aliphatic rings. The molecule has 1 aromatic heterocycles. The fraction of sp³-hybridized carbons (Fsp3) is 0.421. The first-order chi connectivity index (χ1) is 11.8. The predicted octanol–water partition coefficient (Wildman–Crippen LogP) is 3.62. The van der Waals surface area contributed by atoms with Crippen molar-refractivity contribution in [3.63, 3.8) is 0 Å². The van der Waals surface area contributed by atoms with E-state index >= 15 is 0 Å². The summed E-state index contributed by atoms with van der Waals surface area (Å²) in [6.07, 6.45) is 3.02. The van der Waals surface area contributed by atoms with Gasteiger partial charge in [-0.15, -0.1) is 0 Å². The lowest BCUT2D eigenvalue weighted by atomic mass is 9.92. The van der Waals surface area contributed by atoms with Crippen molar-refractivity contribution < 1.29 is 14.0 Å². The lowest BCUT2D eigenvalue weighted by molar-refractivity contribution is -0.131. The second-order valence-corrected chi connectivity index (χ2v) is 7.23. The number of halogens is 1. The Hall–Kier alpha value is -2.50. The summed E-state index contributed by atoms with van der Waals surface area (Å²) in [7, 11) is 0. The number of nitrogens with one attached hydrogen (secondary N) is 1. The average Bonchev–Trinajstić information content (AvgIpc) is 2.76. The Morgan fingerprint density at radius 2 is 2.08 bits per heavy atom. The zero-order valence-electron chi connectivity index (χ0n) is 14.7. The molecule has 1 fully saturated rings. The van der Waals surface area contributed by atoms with E-state index in [1.54, 1.807) is 25.3 Å². The van der Waals surface area contributed by atoms with E-state index in [-0.39, 0.29) is 12.5 Å².